The van der Waals surface area contributed by atoms with Gasteiger partial charge in [-0.3, -0.25) is 4.90 Å². The molecule has 0 spiro atoms. The number of para-hydroxylation sites is 1. The summed E-state index contributed by atoms with van der Waals surface area (Å²) in [5, 5.41) is 2.87. The number of hydrogen-bond donors (Lipinski definition) is 1. The Morgan fingerprint density at radius 2 is 1.56 bits per heavy atom. The summed E-state index contributed by atoms with van der Waals surface area (Å²) in [6.07, 6.45) is 2.50. The number of fused-ring (bicyclic) bond motifs is 1. The summed E-state index contributed by atoms with van der Waals surface area (Å²) >= 11 is 0. The number of anilines is 2. The summed E-state index contributed by atoms with van der Waals surface area (Å²) in [7, 11) is 1.64. The molecule has 0 atom stereocenters. The van der Waals surface area contributed by atoms with Crippen molar-refractivity contribution in [3.05, 3.63) is 54.1 Å². The van der Waals surface area contributed by atoms with E-state index >= 15 is 0 Å². The van der Waals surface area contributed by atoms with Crippen molar-refractivity contribution >= 4 is 17.4 Å². The van der Waals surface area contributed by atoms with Crippen LogP contribution in [0.3, 0.4) is 0 Å². The molecule has 1 aliphatic heterocycles. The van der Waals surface area contributed by atoms with E-state index in [0.717, 1.165) is 22.7 Å². The number of amides is 2. The lowest BCUT2D eigenvalue weighted by molar-refractivity contribution is 0.246. The third-order valence-corrected chi connectivity index (χ3v) is 3.20. The maximum absolute atomic E-state index is 12.1. The molecule has 136 valence electrons. The summed E-state index contributed by atoms with van der Waals surface area (Å²) in [5.74, 6) is 0.790. The Morgan fingerprint density at radius 1 is 0.960 bits per heavy atom. The van der Waals surface area contributed by atoms with Gasteiger partial charge in [-0.05, 0) is 24.3 Å². The van der Waals surface area contributed by atoms with Gasteiger partial charge in [-0.15, -0.1) is 0 Å². The van der Waals surface area contributed by atoms with Crippen LogP contribution in [0.15, 0.2) is 48.5 Å². The molecule has 0 radical (unpaired) electrons. The van der Waals surface area contributed by atoms with E-state index in [-0.39, 0.29) is 6.03 Å². The van der Waals surface area contributed by atoms with E-state index in [1.54, 1.807) is 12.0 Å². The number of hydrogen-bond acceptors (Lipinski definition) is 2. The third-order valence-electron chi connectivity index (χ3n) is 3.20. The van der Waals surface area contributed by atoms with Crippen molar-refractivity contribution in [3.63, 3.8) is 0 Å². The van der Waals surface area contributed by atoms with E-state index in [1.807, 2.05) is 48.5 Å². The average molecular weight is 342 g/mol. The minimum atomic E-state index is -0.119. The van der Waals surface area contributed by atoms with Crippen LogP contribution < -0.4 is 15.0 Å². The van der Waals surface area contributed by atoms with E-state index in [9.17, 15) is 4.79 Å². The molecule has 0 aliphatic carbocycles. The molecule has 25 heavy (non-hydrogen) atoms. The molecule has 3 rings (SSSR count). The first-order chi connectivity index (χ1) is 12.1. The SMILES string of the molecule is CCC.CCC.COc1cccc2c1CNC(=O)N2c1ccccc1. The zero-order valence-electron chi connectivity index (χ0n) is 16.0. The minimum absolute atomic E-state index is 0.119. The highest BCUT2D eigenvalue weighted by Gasteiger charge is 2.26. The maximum Gasteiger partial charge on any atom is 0.326 e. The molecule has 0 bridgehead atoms. The van der Waals surface area contributed by atoms with Crippen molar-refractivity contribution in [3.8, 4) is 5.75 Å². The molecule has 4 nitrogen and oxygen atoms in total. The molecule has 0 saturated heterocycles. The maximum atomic E-state index is 12.1. The van der Waals surface area contributed by atoms with Crippen LogP contribution in [0.1, 0.15) is 46.1 Å². The normalized spacial score (nSPS) is 11.9. The molecule has 4 heteroatoms. The van der Waals surface area contributed by atoms with Gasteiger partial charge in [0.15, 0.2) is 0 Å². The zero-order valence-corrected chi connectivity index (χ0v) is 16.0. The zero-order chi connectivity index (χ0) is 18.7. The van der Waals surface area contributed by atoms with E-state index in [1.165, 1.54) is 12.8 Å². The van der Waals surface area contributed by atoms with Gasteiger partial charge < -0.3 is 10.1 Å². The van der Waals surface area contributed by atoms with Gasteiger partial charge in [-0.25, -0.2) is 4.79 Å². The van der Waals surface area contributed by atoms with Crippen LogP contribution in [0.4, 0.5) is 16.2 Å². The number of carbonyl (C=O) groups excluding carboxylic acids is 1. The highest BCUT2D eigenvalue weighted by molar-refractivity contribution is 6.02. The smallest absolute Gasteiger partial charge is 0.326 e. The number of nitrogens with zero attached hydrogens (tertiary/aromatic N) is 1. The molecule has 0 fully saturated rings. The fraction of sp³-hybridized carbons (Fsp3) is 0.381. The Labute approximate surface area is 151 Å². The van der Waals surface area contributed by atoms with Crippen LogP contribution in [0, 0.1) is 0 Å². The standard InChI is InChI=1S/C15H14N2O2.2C3H8/c1-19-14-9-5-8-13-12(14)10-16-15(18)17(13)11-6-3-2-4-7-11;2*1-3-2/h2-9H,10H2,1H3,(H,16,18);2*3H2,1-2H3. The number of methoxy groups -OCH3 is 1. The predicted octanol–water partition coefficient (Wildman–Crippen LogP) is 5.89. The van der Waals surface area contributed by atoms with Gasteiger partial charge in [0.1, 0.15) is 5.75 Å². The Bertz CT molecular complexity index is 640. The van der Waals surface area contributed by atoms with Gasteiger partial charge in [0.05, 0.1) is 25.0 Å². The highest BCUT2D eigenvalue weighted by Crippen LogP contribution is 2.36. The molecule has 2 aromatic carbocycles. The van der Waals surface area contributed by atoms with Crippen molar-refractivity contribution in [1.29, 1.82) is 0 Å². The third kappa shape index (κ3) is 5.52. The second-order valence-corrected chi connectivity index (χ2v) is 5.70. The summed E-state index contributed by atoms with van der Waals surface area (Å²) < 4.78 is 5.35. The lowest BCUT2D eigenvalue weighted by atomic mass is 10.1. The molecule has 2 amide bonds. The minimum Gasteiger partial charge on any atom is -0.496 e. The van der Waals surface area contributed by atoms with Crippen LogP contribution >= 0.6 is 0 Å². The van der Waals surface area contributed by atoms with Gasteiger partial charge in [0.2, 0.25) is 0 Å². The van der Waals surface area contributed by atoms with Crippen LogP contribution in [-0.4, -0.2) is 13.1 Å². The second-order valence-electron chi connectivity index (χ2n) is 5.70. The van der Waals surface area contributed by atoms with Crippen molar-refractivity contribution in [2.24, 2.45) is 0 Å². The average Bonchev–Trinajstić information content (AvgIpc) is 2.63. The largest absolute Gasteiger partial charge is 0.496 e. The molecule has 1 N–H and O–H groups in total. The van der Waals surface area contributed by atoms with Gasteiger partial charge in [0, 0.05) is 5.56 Å². The number of nitrogens with one attached hydrogen (secondary N) is 1. The van der Waals surface area contributed by atoms with Crippen molar-refractivity contribution in [1.82, 2.24) is 5.32 Å². The Balaban J connectivity index is 0.000000460. The van der Waals surface area contributed by atoms with Gasteiger partial charge in [-0.2, -0.15) is 0 Å². The molecule has 0 saturated carbocycles. The van der Waals surface area contributed by atoms with Crippen molar-refractivity contribution in [2.45, 2.75) is 47.1 Å². The highest BCUT2D eigenvalue weighted by atomic mass is 16.5. The first-order valence-corrected chi connectivity index (χ1v) is 8.93. The van der Waals surface area contributed by atoms with Gasteiger partial charge in [-0.1, -0.05) is 64.8 Å². The fourth-order valence-corrected chi connectivity index (χ4v) is 2.32. The molecular weight excluding hydrogens is 312 g/mol. The van der Waals surface area contributed by atoms with E-state index in [2.05, 4.69) is 33.0 Å². The molecule has 1 heterocycles. The number of ether oxygens (including phenoxy) is 1. The summed E-state index contributed by atoms with van der Waals surface area (Å²) in [4.78, 5) is 13.8. The number of benzene rings is 2. The first-order valence-electron chi connectivity index (χ1n) is 8.93. The summed E-state index contributed by atoms with van der Waals surface area (Å²) in [6.45, 7) is 8.99. The molecule has 0 aromatic heterocycles. The Hall–Kier alpha value is -2.49. The van der Waals surface area contributed by atoms with Crippen LogP contribution in [0.25, 0.3) is 0 Å². The number of rotatable bonds is 2. The topological polar surface area (TPSA) is 41.6 Å². The molecule has 2 aromatic rings. The van der Waals surface area contributed by atoms with Crippen molar-refractivity contribution < 1.29 is 9.53 Å². The monoisotopic (exact) mass is 342 g/mol. The Morgan fingerprint density at radius 3 is 2.12 bits per heavy atom. The molecule has 0 unspecified atom stereocenters. The van der Waals surface area contributed by atoms with Crippen LogP contribution in [-0.2, 0) is 6.54 Å². The summed E-state index contributed by atoms with van der Waals surface area (Å²) in [6, 6.07) is 15.2. The van der Waals surface area contributed by atoms with Crippen LogP contribution in [0.2, 0.25) is 0 Å². The second kappa shape index (κ2) is 11.1. The predicted molar refractivity (Wildman–Crippen MR) is 106 cm³/mol. The molecular formula is C21H30N2O2. The van der Waals surface area contributed by atoms with E-state index < -0.39 is 0 Å². The van der Waals surface area contributed by atoms with E-state index in [0.29, 0.717) is 6.54 Å². The lowest BCUT2D eigenvalue weighted by Crippen LogP contribution is -2.41. The lowest BCUT2D eigenvalue weighted by Gasteiger charge is -2.30. The summed E-state index contributed by atoms with van der Waals surface area (Å²) in [5.41, 5.74) is 2.71. The van der Waals surface area contributed by atoms with Gasteiger partial charge in [0.25, 0.3) is 0 Å². The number of urea groups is 1. The van der Waals surface area contributed by atoms with Crippen LogP contribution in [0.5, 0.6) is 5.75 Å². The van der Waals surface area contributed by atoms with E-state index in [4.69, 9.17) is 4.74 Å². The first kappa shape index (κ1) is 20.6. The van der Waals surface area contributed by atoms with Gasteiger partial charge >= 0.3 is 6.03 Å². The fourth-order valence-electron chi connectivity index (χ4n) is 2.32. The quantitative estimate of drug-likeness (QED) is 0.739. The Kier molecular flexibility index (Phi) is 9.15. The number of carbonyl (C=O) groups is 1. The molecule has 1 aliphatic rings. The van der Waals surface area contributed by atoms with Crippen molar-refractivity contribution in [2.75, 3.05) is 12.0 Å².